The van der Waals surface area contributed by atoms with E-state index < -0.39 is 11.2 Å². The van der Waals surface area contributed by atoms with Crippen molar-refractivity contribution in [2.24, 2.45) is 0 Å². The molecule has 0 aliphatic carbocycles. The molecule has 0 bridgehead atoms. The van der Waals surface area contributed by atoms with Gasteiger partial charge in [-0.2, -0.15) is 0 Å². The summed E-state index contributed by atoms with van der Waals surface area (Å²) in [6.45, 7) is 7.31. The normalized spacial score (nSPS) is 10.7. The zero-order valence-corrected chi connectivity index (χ0v) is 13.0. The Labute approximate surface area is 141 Å². The number of allylic oxidation sites excluding steroid dienone is 2. The first-order valence-electron chi connectivity index (χ1n) is 7.19. The van der Waals surface area contributed by atoms with Crippen LogP contribution in [0.4, 0.5) is 0 Å². The number of fused-ring (bicyclic) bond motifs is 1. The van der Waals surface area contributed by atoms with Crippen molar-refractivity contribution in [2.75, 3.05) is 0 Å². The second kappa shape index (κ2) is 5.76. The molecule has 0 aliphatic rings. The highest BCUT2D eigenvalue weighted by Gasteiger charge is 2.18. The number of hydrogen-bond acceptors (Lipinski definition) is 6. The van der Waals surface area contributed by atoms with Gasteiger partial charge in [0.2, 0.25) is 5.43 Å². The van der Waals surface area contributed by atoms with Gasteiger partial charge in [-0.05, 0) is 11.6 Å². The molecular formula is C19H14O6. The summed E-state index contributed by atoms with van der Waals surface area (Å²) < 4.78 is 5.32. The minimum absolute atomic E-state index is 0.000225. The van der Waals surface area contributed by atoms with Gasteiger partial charge in [0.15, 0.2) is 0 Å². The Morgan fingerprint density at radius 1 is 0.960 bits per heavy atom. The van der Waals surface area contributed by atoms with Crippen LogP contribution in [0.1, 0.15) is 5.56 Å². The minimum Gasteiger partial charge on any atom is -0.508 e. The molecule has 126 valence electrons. The average Bonchev–Trinajstić information content (AvgIpc) is 2.54. The molecule has 1 heterocycles. The Balaban J connectivity index is 2.34. The predicted molar refractivity (Wildman–Crippen MR) is 93.8 cm³/mol. The van der Waals surface area contributed by atoms with E-state index in [0.29, 0.717) is 5.57 Å². The van der Waals surface area contributed by atoms with Crippen LogP contribution in [0.15, 0.2) is 59.0 Å². The third-order valence-corrected chi connectivity index (χ3v) is 3.84. The fourth-order valence-electron chi connectivity index (χ4n) is 2.56. The van der Waals surface area contributed by atoms with Crippen LogP contribution in [0, 0.1) is 0 Å². The maximum Gasteiger partial charge on any atom is 0.204 e. The molecule has 0 radical (unpaired) electrons. The van der Waals surface area contributed by atoms with E-state index in [1.807, 2.05) is 0 Å². The molecule has 2 aromatic carbocycles. The molecule has 1 aromatic heterocycles. The van der Waals surface area contributed by atoms with Crippen LogP contribution in [0.25, 0.3) is 27.7 Å². The van der Waals surface area contributed by atoms with Gasteiger partial charge in [0, 0.05) is 29.3 Å². The molecule has 0 unspecified atom stereocenters. The number of phenolic OH excluding ortho intramolecular Hbond substituents is 4. The standard InChI is InChI=1S/C19H14O6/c1-3-9(2)11-6-12(15(22)7-14(11)21)13-8-25-17-5-10(20)4-16(23)18(17)19(13)24/h3-8,20-23H,1-2H2. The summed E-state index contributed by atoms with van der Waals surface area (Å²) in [5, 5.41) is 39.4. The first-order valence-corrected chi connectivity index (χ1v) is 7.19. The van der Waals surface area contributed by atoms with Crippen molar-refractivity contribution in [3.8, 4) is 34.1 Å². The lowest BCUT2D eigenvalue weighted by Crippen LogP contribution is -2.05. The molecule has 3 aromatic rings. The van der Waals surface area contributed by atoms with Gasteiger partial charge in [-0.15, -0.1) is 0 Å². The smallest absolute Gasteiger partial charge is 0.204 e. The van der Waals surface area contributed by atoms with E-state index in [-0.39, 0.29) is 44.9 Å². The number of aromatic hydroxyl groups is 4. The quantitative estimate of drug-likeness (QED) is 0.544. The molecule has 0 saturated heterocycles. The molecule has 3 rings (SSSR count). The summed E-state index contributed by atoms with van der Waals surface area (Å²) >= 11 is 0. The Morgan fingerprint density at radius 2 is 1.68 bits per heavy atom. The number of rotatable bonds is 3. The Hall–Kier alpha value is -3.67. The summed E-state index contributed by atoms with van der Waals surface area (Å²) in [6, 6.07) is 4.68. The second-order valence-corrected chi connectivity index (χ2v) is 5.43. The van der Waals surface area contributed by atoms with Gasteiger partial charge in [0.05, 0.1) is 5.56 Å². The lowest BCUT2D eigenvalue weighted by molar-refractivity contribution is 0.449. The maximum atomic E-state index is 12.7. The third kappa shape index (κ3) is 2.59. The number of benzene rings is 2. The van der Waals surface area contributed by atoms with E-state index in [0.717, 1.165) is 18.4 Å². The fourth-order valence-corrected chi connectivity index (χ4v) is 2.56. The molecule has 6 heteroatoms. The van der Waals surface area contributed by atoms with Gasteiger partial charge < -0.3 is 24.8 Å². The highest BCUT2D eigenvalue weighted by molar-refractivity contribution is 5.90. The first-order chi connectivity index (χ1) is 11.8. The maximum absolute atomic E-state index is 12.7. The van der Waals surface area contributed by atoms with Crippen molar-refractivity contribution in [2.45, 2.75) is 0 Å². The van der Waals surface area contributed by atoms with Gasteiger partial charge in [-0.25, -0.2) is 0 Å². The molecule has 0 amide bonds. The average molecular weight is 338 g/mol. The topological polar surface area (TPSA) is 111 Å². The molecule has 0 atom stereocenters. The van der Waals surface area contributed by atoms with E-state index >= 15 is 0 Å². The third-order valence-electron chi connectivity index (χ3n) is 3.84. The molecule has 0 aliphatic heterocycles. The predicted octanol–water partition coefficient (Wildman–Crippen LogP) is 3.48. The van der Waals surface area contributed by atoms with Crippen molar-refractivity contribution < 1.29 is 24.8 Å². The SMILES string of the molecule is C=CC(=C)c1cc(-c2coc3cc(O)cc(O)c3c2=O)c(O)cc1O. The number of phenols is 4. The summed E-state index contributed by atoms with van der Waals surface area (Å²) in [4.78, 5) is 12.7. The van der Waals surface area contributed by atoms with Crippen molar-refractivity contribution in [1.29, 1.82) is 0 Å². The Bertz CT molecular complexity index is 1090. The van der Waals surface area contributed by atoms with E-state index in [1.165, 1.54) is 18.2 Å². The van der Waals surface area contributed by atoms with Crippen molar-refractivity contribution in [1.82, 2.24) is 0 Å². The van der Waals surface area contributed by atoms with Gasteiger partial charge >= 0.3 is 0 Å². The van der Waals surface area contributed by atoms with Crippen LogP contribution in [-0.2, 0) is 0 Å². The van der Waals surface area contributed by atoms with Crippen molar-refractivity contribution in [3.63, 3.8) is 0 Å². The van der Waals surface area contributed by atoms with E-state index in [2.05, 4.69) is 13.2 Å². The van der Waals surface area contributed by atoms with E-state index in [1.54, 1.807) is 0 Å². The van der Waals surface area contributed by atoms with Crippen LogP contribution in [0.2, 0.25) is 0 Å². The van der Waals surface area contributed by atoms with Crippen LogP contribution >= 0.6 is 0 Å². The van der Waals surface area contributed by atoms with E-state index in [9.17, 15) is 25.2 Å². The Morgan fingerprint density at radius 3 is 2.36 bits per heavy atom. The molecule has 0 fully saturated rings. The number of hydrogen-bond donors (Lipinski definition) is 4. The van der Waals surface area contributed by atoms with Gasteiger partial charge in [-0.3, -0.25) is 4.79 Å². The monoisotopic (exact) mass is 338 g/mol. The van der Waals surface area contributed by atoms with Gasteiger partial charge in [-0.1, -0.05) is 19.2 Å². The molecule has 4 N–H and O–H groups in total. The lowest BCUT2D eigenvalue weighted by atomic mass is 9.98. The summed E-state index contributed by atoms with van der Waals surface area (Å²) in [6.07, 6.45) is 2.53. The lowest BCUT2D eigenvalue weighted by Gasteiger charge is -2.11. The highest BCUT2D eigenvalue weighted by atomic mass is 16.3. The summed E-state index contributed by atoms with van der Waals surface area (Å²) in [7, 11) is 0. The molecule has 0 saturated carbocycles. The van der Waals surface area contributed by atoms with Crippen molar-refractivity contribution >= 4 is 16.5 Å². The largest absolute Gasteiger partial charge is 0.508 e. The highest BCUT2D eigenvalue weighted by Crippen LogP contribution is 2.38. The molecule has 6 nitrogen and oxygen atoms in total. The van der Waals surface area contributed by atoms with Crippen LogP contribution in [-0.4, -0.2) is 20.4 Å². The van der Waals surface area contributed by atoms with E-state index in [4.69, 9.17) is 4.42 Å². The second-order valence-electron chi connectivity index (χ2n) is 5.43. The molecular weight excluding hydrogens is 324 g/mol. The minimum atomic E-state index is -0.602. The fraction of sp³-hybridized carbons (Fsp3) is 0. The van der Waals surface area contributed by atoms with Crippen molar-refractivity contribution in [3.05, 3.63) is 65.5 Å². The van der Waals surface area contributed by atoms with Gasteiger partial charge in [0.1, 0.15) is 40.2 Å². The van der Waals surface area contributed by atoms with Crippen LogP contribution in [0.3, 0.4) is 0 Å². The Kier molecular flexibility index (Phi) is 3.73. The first kappa shape index (κ1) is 16.2. The zero-order valence-electron chi connectivity index (χ0n) is 13.0. The van der Waals surface area contributed by atoms with Crippen LogP contribution < -0.4 is 5.43 Å². The summed E-state index contributed by atoms with van der Waals surface area (Å²) in [5.74, 6) is -1.26. The zero-order chi connectivity index (χ0) is 18.3. The van der Waals surface area contributed by atoms with Gasteiger partial charge in [0.25, 0.3) is 0 Å². The molecule has 25 heavy (non-hydrogen) atoms. The summed E-state index contributed by atoms with van der Waals surface area (Å²) in [5.41, 5.74) is 0.159. The van der Waals surface area contributed by atoms with Crippen LogP contribution in [0.5, 0.6) is 23.0 Å². The molecule has 0 spiro atoms.